The quantitative estimate of drug-likeness (QED) is 0.599. The van der Waals surface area contributed by atoms with Crippen molar-refractivity contribution in [3.05, 3.63) is 23.0 Å². The van der Waals surface area contributed by atoms with E-state index in [-0.39, 0.29) is 30.2 Å². The molecule has 154 valence electrons. The number of nitrogens with zero attached hydrogens (tertiary/aromatic N) is 2. The van der Waals surface area contributed by atoms with Gasteiger partial charge in [-0.15, -0.1) is 0 Å². The van der Waals surface area contributed by atoms with Crippen molar-refractivity contribution in [3.63, 3.8) is 0 Å². The second-order valence-electron chi connectivity index (χ2n) is 8.32. The summed E-state index contributed by atoms with van der Waals surface area (Å²) in [6, 6.07) is 1.48. The maximum atomic E-state index is 13.1. The second kappa shape index (κ2) is 7.70. The van der Waals surface area contributed by atoms with Crippen LogP contribution in [0.3, 0.4) is 0 Å². The van der Waals surface area contributed by atoms with Gasteiger partial charge in [-0.05, 0) is 45.6 Å². The minimum Gasteiger partial charge on any atom is -0.383 e. The predicted molar refractivity (Wildman–Crippen MR) is 105 cm³/mol. The van der Waals surface area contributed by atoms with E-state index in [4.69, 9.17) is 4.74 Å². The molecule has 1 aliphatic carbocycles. The van der Waals surface area contributed by atoms with Gasteiger partial charge in [0.25, 0.3) is 5.91 Å². The van der Waals surface area contributed by atoms with E-state index < -0.39 is 11.6 Å². The number of ether oxygens (including phenoxy) is 1. The van der Waals surface area contributed by atoms with E-state index in [0.29, 0.717) is 18.6 Å². The first kappa shape index (κ1) is 20.6. The highest BCUT2D eigenvalue weighted by Crippen LogP contribution is 2.38. The van der Waals surface area contributed by atoms with E-state index in [1.165, 1.54) is 0 Å². The molecule has 0 aromatic carbocycles. The number of nitrogens with one attached hydrogen (secondary N) is 1. The minimum atomic E-state index is -0.834. The SMILES string of the molecule is COC[C@@H](C)n1c(C)cc(C(=O)CN2C(=O)N[C@@]3(CCCC[C@@H]3C)C2=O)c1C. The summed E-state index contributed by atoms with van der Waals surface area (Å²) < 4.78 is 7.30. The summed E-state index contributed by atoms with van der Waals surface area (Å²) in [4.78, 5) is 39.7. The van der Waals surface area contributed by atoms with Crippen molar-refractivity contribution >= 4 is 17.7 Å². The second-order valence-corrected chi connectivity index (χ2v) is 8.32. The number of ketones is 1. The van der Waals surface area contributed by atoms with Crippen molar-refractivity contribution in [1.29, 1.82) is 0 Å². The maximum absolute atomic E-state index is 13.1. The zero-order chi connectivity index (χ0) is 20.6. The number of aromatic nitrogens is 1. The number of hydrogen-bond donors (Lipinski definition) is 1. The lowest BCUT2D eigenvalue weighted by Gasteiger charge is -2.36. The molecule has 28 heavy (non-hydrogen) atoms. The summed E-state index contributed by atoms with van der Waals surface area (Å²) in [7, 11) is 1.65. The van der Waals surface area contributed by atoms with Crippen LogP contribution in [0, 0.1) is 19.8 Å². The average Bonchev–Trinajstić information content (AvgIpc) is 3.06. The molecule has 0 unspecified atom stereocenters. The van der Waals surface area contributed by atoms with E-state index in [1.54, 1.807) is 7.11 Å². The number of aryl methyl sites for hydroxylation is 1. The first-order chi connectivity index (χ1) is 13.2. The van der Waals surface area contributed by atoms with Crippen LogP contribution in [0.5, 0.6) is 0 Å². The third-order valence-electron chi connectivity index (χ3n) is 6.44. The Bertz CT molecular complexity index is 800. The van der Waals surface area contributed by atoms with Gasteiger partial charge in [0, 0.05) is 24.1 Å². The molecule has 0 radical (unpaired) electrons. The maximum Gasteiger partial charge on any atom is 0.325 e. The van der Waals surface area contributed by atoms with Crippen LogP contribution in [0.1, 0.15) is 67.3 Å². The van der Waals surface area contributed by atoms with Gasteiger partial charge in [-0.1, -0.05) is 19.8 Å². The fourth-order valence-corrected chi connectivity index (χ4v) is 4.92. The van der Waals surface area contributed by atoms with Gasteiger partial charge >= 0.3 is 6.03 Å². The lowest BCUT2D eigenvalue weighted by molar-refractivity contribution is -0.133. The molecule has 2 heterocycles. The standard InChI is InChI=1S/C21H31N3O4/c1-13-8-6-7-9-21(13)19(26)23(20(27)22-21)11-18(25)17-10-14(2)24(16(17)4)15(3)12-28-5/h10,13,15H,6-9,11-12H2,1-5H3,(H,22,27)/t13-,15+,21+/m0/s1. The predicted octanol–water partition coefficient (Wildman–Crippen LogP) is 3.00. The smallest absolute Gasteiger partial charge is 0.325 e. The number of Topliss-reactive ketones (excluding diaryl/α,β-unsaturated/α-hetero) is 1. The molecule has 7 nitrogen and oxygen atoms in total. The normalized spacial score (nSPS) is 26.0. The van der Waals surface area contributed by atoms with Crippen molar-refractivity contribution in [2.24, 2.45) is 5.92 Å². The largest absolute Gasteiger partial charge is 0.383 e. The molecule has 2 aliphatic rings. The molecule has 1 N–H and O–H groups in total. The Kier molecular flexibility index (Phi) is 5.66. The minimum absolute atomic E-state index is 0.0813. The molecule has 1 aromatic heterocycles. The van der Waals surface area contributed by atoms with Crippen LogP contribution in [0.15, 0.2) is 6.07 Å². The third-order valence-corrected chi connectivity index (χ3v) is 6.44. The van der Waals surface area contributed by atoms with Crippen molar-refractivity contribution < 1.29 is 19.1 Å². The molecule has 1 aromatic rings. The van der Waals surface area contributed by atoms with Crippen LogP contribution in [-0.2, 0) is 9.53 Å². The number of rotatable bonds is 6. The summed E-state index contributed by atoms with van der Waals surface area (Å²) in [5.74, 6) is -0.384. The molecular formula is C21H31N3O4. The fourth-order valence-electron chi connectivity index (χ4n) is 4.92. The molecule has 1 aliphatic heterocycles. The highest BCUT2D eigenvalue weighted by Gasteiger charge is 2.55. The topological polar surface area (TPSA) is 80.6 Å². The first-order valence-electron chi connectivity index (χ1n) is 10.1. The Morgan fingerprint density at radius 2 is 2.07 bits per heavy atom. The molecule has 7 heteroatoms. The Balaban J connectivity index is 1.81. The number of hydrogen-bond acceptors (Lipinski definition) is 4. The third kappa shape index (κ3) is 3.26. The molecule has 1 spiro atoms. The summed E-state index contributed by atoms with van der Waals surface area (Å²) in [5, 5.41) is 2.91. The number of amides is 3. The zero-order valence-electron chi connectivity index (χ0n) is 17.5. The molecular weight excluding hydrogens is 358 g/mol. The number of methoxy groups -OCH3 is 1. The van der Waals surface area contributed by atoms with Gasteiger partial charge in [-0.2, -0.15) is 0 Å². The lowest BCUT2D eigenvalue weighted by atomic mass is 9.73. The van der Waals surface area contributed by atoms with Crippen molar-refractivity contribution in [2.75, 3.05) is 20.3 Å². The van der Waals surface area contributed by atoms with Gasteiger partial charge in [0.2, 0.25) is 0 Å². The van der Waals surface area contributed by atoms with E-state index >= 15 is 0 Å². The fraction of sp³-hybridized carbons (Fsp3) is 0.667. The van der Waals surface area contributed by atoms with Gasteiger partial charge in [0.05, 0.1) is 19.2 Å². The van der Waals surface area contributed by atoms with Crippen molar-refractivity contribution in [3.8, 4) is 0 Å². The monoisotopic (exact) mass is 389 g/mol. The van der Waals surface area contributed by atoms with Gasteiger partial charge in [0.15, 0.2) is 5.78 Å². The van der Waals surface area contributed by atoms with E-state index in [9.17, 15) is 14.4 Å². The number of carbonyl (C=O) groups excluding carboxylic acids is 3. The number of urea groups is 1. The molecule has 1 saturated heterocycles. The van der Waals surface area contributed by atoms with E-state index in [0.717, 1.165) is 35.6 Å². The average molecular weight is 389 g/mol. The Hall–Kier alpha value is -2.15. The van der Waals surface area contributed by atoms with Crippen molar-refractivity contribution in [2.45, 2.75) is 65.0 Å². The van der Waals surface area contributed by atoms with Gasteiger partial charge in [0.1, 0.15) is 5.54 Å². The lowest BCUT2D eigenvalue weighted by Crippen LogP contribution is -2.54. The summed E-state index contributed by atoms with van der Waals surface area (Å²) in [6.45, 7) is 8.20. The van der Waals surface area contributed by atoms with Crippen LogP contribution in [0.2, 0.25) is 0 Å². The van der Waals surface area contributed by atoms with Crippen molar-refractivity contribution in [1.82, 2.24) is 14.8 Å². The number of carbonyl (C=O) groups is 3. The molecule has 3 amide bonds. The van der Waals surface area contributed by atoms with Gasteiger partial charge in [-0.3, -0.25) is 14.5 Å². The molecule has 3 rings (SSSR count). The van der Waals surface area contributed by atoms with Crippen LogP contribution in [0.25, 0.3) is 0 Å². The highest BCUT2D eigenvalue weighted by molar-refractivity contribution is 6.11. The summed E-state index contributed by atoms with van der Waals surface area (Å²) in [5.41, 5.74) is 1.51. The van der Waals surface area contributed by atoms with Gasteiger partial charge < -0.3 is 14.6 Å². The summed E-state index contributed by atoms with van der Waals surface area (Å²) >= 11 is 0. The molecule has 2 fully saturated rings. The molecule has 3 atom stereocenters. The zero-order valence-corrected chi connectivity index (χ0v) is 17.5. The van der Waals surface area contributed by atoms with Crippen LogP contribution < -0.4 is 5.32 Å². The highest BCUT2D eigenvalue weighted by atomic mass is 16.5. The van der Waals surface area contributed by atoms with Gasteiger partial charge in [-0.25, -0.2) is 4.79 Å². The van der Waals surface area contributed by atoms with Crippen LogP contribution in [-0.4, -0.2) is 53.0 Å². The Morgan fingerprint density at radius 3 is 2.71 bits per heavy atom. The number of imide groups is 1. The molecule has 0 bridgehead atoms. The Morgan fingerprint density at radius 1 is 1.36 bits per heavy atom. The van der Waals surface area contributed by atoms with E-state index in [2.05, 4.69) is 9.88 Å². The van der Waals surface area contributed by atoms with E-state index in [1.807, 2.05) is 33.8 Å². The first-order valence-corrected chi connectivity index (χ1v) is 10.1. The summed E-state index contributed by atoms with van der Waals surface area (Å²) in [6.07, 6.45) is 3.53. The molecule has 1 saturated carbocycles. The van der Waals surface area contributed by atoms with Crippen LogP contribution in [0.4, 0.5) is 4.79 Å². The van der Waals surface area contributed by atoms with Crippen LogP contribution >= 0.6 is 0 Å². The Labute approximate surface area is 166 Å².